The van der Waals surface area contributed by atoms with Crippen LogP contribution in [0.15, 0.2) is 22.8 Å². The van der Waals surface area contributed by atoms with E-state index in [1.165, 1.54) is 6.20 Å². The number of hydrogen-bond donors (Lipinski definition) is 2. The Morgan fingerprint density at radius 1 is 1.53 bits per heavy atom. The molecule has 1 rings (SSSR count). The van der Waals surface area contributed by atoms with Crippen molar-refractivity contribution in [2.75, 3.05) is 19.8 Å². The second-order valence-corrected chi connectivity index (χ2v) is 3.89. The van der Waals surface area contributed by atoms with Crippen molar-refractivity contribution in [1.29, 1.82) is 0 Å². The zero-order valence-corrected chi connectivity index (χ0v) is 10.4. The molecule has 0 saturated heterocycles. The summed E-state index contributed by atoms with van der Waals surface area (Å²) in [5.74, 6) is -1.37. The lowest BCUT2D eigenvalue weighted by atomic mass is 10.3. The number of halogens is 1. The molecule has 0 atom stereocenters. The van der Waals surface area contributed by atoms with Crippen LogP contribution in [0.4, 0.5) is 0 Å². The minimum absolute atomic E-state index is 0.141. The fraction of sp³-hybridized carbons (Fsp3) is 0.300. The molecular formula is C10H11BrN2O4. The van der Waals surface area contributed by atoms with Crippen molar-refractivity contribution >= 4 is 27.8 Å². The van der Waals surface area contributed by atoms with E-state index in [2.05, 4.69) is 26.2 Å². The Morgan fingerprint density at radius 2 is 2.29 bits per heavy atom. The normalized spacial score (nSPS) is 9.94. The maximum absolute atomic E-state index is 11.6. The van der Waals surface area contributed by atoms with Gasteiger partial charge in [0.1, 0.15) is 12.3 Å². The molecule has 1 heterocycles. The van der Waals surface area contributed by atoms with E-state index in [4.69, 9.17) is 9.84 Å². The van der Waals surface area contributed by atoms with Crippen LogP contribution in [0.1, 0.15) is 10.5 Å². The Hall–Kier alpha value is -1.47. The van der Waals surface area contributed by atoms with Crippen LogP contribution < -0.4 is 5.32 Å². The SMILES string of the molecule is O=C(O)COCCNC(=O)c1ncccc1Br. The van der Waals surface area contributed by atoms with Crippen LogP contribution in [0, 0.1) is 0 Å². The van der Waals surface area contributed by atoms with Crippen LogP contribution in [0.25, 0.3) is 0 Å². The zero-order valence-electron chi connectivity index (χ0n) is 8.85. The molecular weight excluding hydrogens is 292 g/mol. The number of ether oxygens (including phenoxy) is 1. The highest BCUT2D eigenvalue weighted by Crippen LogP contribution is 2.12. The number of rotatable bonds is 6. The predicted octanol–water partition coefficient (Wildman–Crippen LogP) is 0.675. The number of hydrogen-bond acceptors (Lipinski definition) is 4. The van der Waals surface area contributed by atoms with Crippen LogP contribution in [0.5, 0.6) is 0 Å². The van der Waals surface area contributed by atoms with Crippen LogP contribution in [0.3, 0.4) is 0 Å². The summed E-state index contributed by atoms with van der Waals surface area (Å²) in [6, 6.07) is 3.42. The lowest BCUT2D eigenvalue weighted by molar-refractivity contribution is -0.142. The summed E-state index contributed by atoms with van der Waals surface area (Å²) in [5, 5.41) is 10.9. The molecule has 0 aliphatic rings. The third-order valence-corrected chi connectivity index (χ3v) is 2.37. The Morgan fingerprint density at radius 3 is 2.94 bits per heavy atom. The summed E-state index contributed by atoms with van der Waals surface area (Å²) in [6.07, 6.45) is 1.51. The second kappa shape index (κ2) is 6.97. The number of nitrogens with one attached hydrogen (secondary N) is 1. The van der Waals surface area contributed by atoms with Gasteiger partial charge in [-0.05, 0) is 28.1 Å². The molecule has 7 heteroatoms. The molecule has 0 aliphatic carbocycles. The molecule has 1 aromatic rings. The number of amides is 1. The van der Waals surface area contributed by atoms with E-state index in [0.29, 0.717) is 4.47 Å². The Balaban J connectivity index is 2.31. The fourth-order valence-electron chi connectivity index (χ4n) is 1.03. The third kappa shape index (κ3) is 4.92. The van der Waals surface area contributed by atoms with Gasteiger partial charge in [-0.15, -0.1) is 0 Å². The first-order chi connectivity index (χ1) is 8.11. The van der Waals surface area contributed by atoms with Crippen molar-refractivity contribution < 1.29 is 19.4 Å². The highest BCUT2D eigenvalue weighted by molar-refractivity contribution is 9.10. The predicted molar refractivity (Wildman–Crippen MR) is 62.7 cm³/mol. The standard InChI is InChI=1S/C10H11BrN2O4/c11-7-2-1-3-12-9(7)10(16)13-4-5-17-6-8(14)15/h1-3H,4-6H2,(H,13,16)(H,14,15). The van der Waals surface area contributed by atoms with Gasteiger partial charge in [0.15, 0.2) is 0 Å². The first-order valence-electron chi connectivity index (χ1n) is 4.79. The second-order valence-electron chi connectivity index (χ2n) is 3.04. The number of carboxylic acids is 1. The van der Waals surface area contributed by atoms with Gasteiger partial charge in [0, 0.05) is 17.2 Å². The smallest absolute Gasteiger partial charge is 0.329 e. The van der Waals surface area contributed by atoms with Crippen LogP contribution in [-0.2, 0) is 9.53 Å². The van der Waals surface area contributed by atoms with E-state index in [-0.39, 0.29) is 31.4 Å². The molecule has 0 radical (unpaired) electrons. The summed E-state index contributed by atoms with van der Waals surface area (Å²) < 4.78 is 5.37. The molecule has 0 bridgehead atoms. The zero-order chi connectivity index (χ0) is 12.7. The van der Waals surface area contributed by atoms with Crippen molar-refractivity contribution in [3.05, 3.63) is 28.5 Å². The quantitative estimate of drug-likeness (QED) is 0.754. The molecule has 0 fully saturated rings. The summed E-state index contributed by atoms with van der Waals surface area (Å²) in [4.78, 5) is 25.6. The molecule has 92 valence electrons. The summed E-state index contributed by atoms with van der Waals surface area (Å²) in [7, 11) is 0. The van der Waals surface area contributed by atoms with E-state index in [1.54, 1.807) is 12.1 Å². The molecule has 2 N–H and O–H groups in total. The largest absolute Gasteiger partial charge is 0.480 e. The molecule has 0 spiro atoms. The fourth-order valence-corrected chi connectivity index (χ4v) is 1.47. The van der Waals surface area contributed by atoms with Crippen LogP contribution >= 0.6 is 15.9 Å². The number of carboxylic acid groups (broad SMARTS) is 1. The average molecular weight is 303 g/mol. The van der Waals surface area contributed by atoms with Gasteiger partial charge >= 0.3 is 5.97 Å². The van der Waals surface area contributed by atoms with Gasteiger partial charge < -0.3 is 15.2 Å². The van der Waals surface area contributed by atoms with Gasteiger partial charge in [-0.25, -0.2) is 9.78 Å². The number of carbonyl (C=O) groups excluding carboxylic acids is 1. The number of aliphatic carboxylic acids is 1. The van der Waals surface area contributed by atoms with Gasteiger partial charge in [-0.2, -0.15) is 0 Å². The number of nitrogens with zero attached hydrogens (tertiary/aromatic N) is 1. The van der Waals surface area contributed by atoms with Crippen LogP contribution in [-0.4, -0.2) is 41.7 Å². The maximum Gasteiger partial charge on any atom is 0.329 e. The molecule has 6 nitrogen and oxygen atoms in total. The van der Waals surface area contributed by atoms with E-state index in [9.17, 15) is 9.59 Å². The number of aromatic nitrogens is 1. The van der Waals surface area contributed by atoms with Crippen molar-refractivity contribution in [1.82, 2.24) is 10.3 Å². The maximum atomic E-state index is 11.6. The van der Waals surface area contributed by atoms with Gasteiger partial charge in [0.05, 0.1) is 6.61 Å². The summed E-state index contributed by atoms with van der Waals surface area (Å²) in [6.45, 7) is 0.000766. The monoisotopic (exact) mass is 302 g/mol. The average Bonchev–Trinajstić information content (AvgIpc) is 2.28. The molecule has 1 amide bonds. The minimum Gasteiger partial charge on any atom is -0.480 e. The Labute approximate surface area is 106 Å². The van der Waals surface area contributed by atoms with Crippen molar-refractivity contribution in [3.63, 3.8) is 0 Å². The van der Waals surface area contributed by atoms with Gasteiger partial charge in [-0.1, -0.05) is 0 Å². The van der Waals surface area contributed by atoms with E-state index in [1.807, 2.05) is 0 Å². The van der Waals surface area contributed by atoms with E-state index >= 15 is 0 Å². The number of carbonyl (C=O) groups is 2. The van der Waals surface area contributed by atoms with Gasteiger partial charge in [0.25, 0.3) is 5.91 Å². The molecule has 0 saturated carbocycles. The molecule has 0 aromatic carbocycles. The van der Waals surface area contributed by atoms with Gasteiger partial charge in [-0.3, -0.25) is 4.79 Å². The highest BCUT2D eigenvalue weighted by atomic mass is 79.9. The highest BCUT2D eigenvalue weighted by Gasteiger charge is 2.09. The summed E-state index contributed by atoms with van der Waals surface area (Å²) >= 11 is 3.21. The lowest BCUT2D eigenvalue weighted by Crippen LogP contribution is -2.28. The first-order valence-corrected chi connectivity index (χ1v) is 5.59. The molecule has 0 aliphatic heterocycles. The first kappa shape index (κ1) is 13.6. The van der Waals surface area contributed by atoms with E-state index in [0.717, 1.165) is 0 Å². The van der Waals surface area contributed by atoms with Crippen molar-refractivity contribution in [2.45, 2.75) is 0 Å². The van der Waals surface area contributed by atoms with Crippen molar-refractivity contribution in [2.24, 2.45) is 0 Å². The third-order valence-electron chi connectivity index (χ3n) is 1.73. The number of pyridine rings is 1. The topological polar surface area (TPSA) is 88.5 Å². The molecule has 0 unspecified atom stereocenters. The lowest BCUT2D eigenvalue weighted by Gasteiger charge is -2.05. The minimum atomic E-state index is -1.04. The Kier molecular flexibility index (Phi) is 5.58. The molecule has 1 aromatic heterocycles. The Bertz CT molecular complexity index is 411. The van der Waals surface area contributed by atoms with E-state index < -0.39 is 5.97 Å². The summed E-state index contributed by atoms with van der Waals surface area (Å²) in [5.41, 5.74) is 0.283. The van der Waals surface area contributed by atoms with Crippen LogP contribution in [0.2, 0.25) is 0 Å². The van der Waals surface area contributed by atoms with Crippen molar-refractivity contribution in [3.8, 4) is 0 Å². The van der Waals surface area contributed by atoms with Gasteiger partial charge in [0.2, 0.25) is 0 Å². The molecule has 17 heavy (non-hydrogen) atoms.